The van der Waals surface area contributed by atoms with E-state index in [2.05, 4.69) is 10.0 Å². The van der Waals surface area contributed by atoms with Crippen molar-refractivity contribution in [1.82, 2.24) is 10.0 Å². The van der Waals surface area contributed by atoms with Crippen LogP contribution in [0.25, 0.3) is 0 Å². The molecule has 0 saturated carbocycles. The zero-order valence-electron chi connectivity index (χ0n) is 15.8. The molecule has 1 amide bonds. The Bertz CT molecular complexity index is 773. The highest BCUT2D eigenvalue weighted by Crippen LogP contribution is 2.32. The lowest BCUT2D eigenvalue weighted by atomic mass is 9.80. The van der Waals surface area contributed by atoms with E-state index in [0.717, 1.165) is 37.9 Å². The van der Waals surface area contributed by atoms with Gasteiger partial charge in [0.1, 0.15) is 0 Å². The third-order valence-corrected chi connectivity index (χ3v) is 6.79. The lowest BCUT2D eigenvalue weighted by molar-refractivity contribution is -0.116. The van der Waals surface area contributed by atoms with Crippen LogP contribution < -0.4 is 14.9 Å². The van der Waals surface area contributed by atoms with E-state index in [9.17, 15) is 13.2 Å². The second-order valence-electron chi connectivity index (χ2n) is 7.22. The van der Waals surface area contributed by atoms with E-state index in [0.29, 0.717) is 25.4 Å². The van der Waals surface area contributed by atoms with Crippen LogP contribution in [0.5, 0.6) is 0 Å². The summed E-state index contributed by atoms with van der Waals surface area (Å²) in [7, 11) is -2.00. The maximum Gasteiger partial charge on any atom is 0.240 e. The Labute approximate surface area is 167 Å². The molecule has 152 valence electrons. The summed E-state index contributed by atoms with van der Waals surface area (Å²) >= 11 is 0. The third kappa shape index (κ3) is 4.81. The number of carbonyl (C=O) groups is 1. The number of methoxy groups -OCH3 is 1. The van der Waals surface area contributed by atoms with Crippen molar-refractivity contribution in [3.05, 3.63) is 23.8 Å². The zero-order chi connectivity index (χ0) is 18.8. The molecule has 0 radical (unpaired) electrons. The number of rotatable bonds is 6. The van der Waals surface area contributed by atoms with Crippen molar-refractivity contribution >= 4 is 34.0 Å². The molecule has 2 aliphatic heterocycles. The Morgan fingerprint density at radius 1 is 1.33 bits per heavy atom. The summed E-state index contributed by atoms with van der Waals surface area (Å²) in [5, 5.41) is 3.30. The van der Waals surface area contributed by atoms with Gasteiger partial charge in [0.2, 0.25) is 15.9 Å². The molecular weight excluding hydrogens is 390 g/mol. The second-order valence-corrected chi connectivity index (χ2v) is 8.99. The number of nitrogens with zero attached hydrogens (tertiary/aromatic N) is 1. The van der Waals surface area contributed by atoms with Gasteiger partial charge >= 0.3 is 0 Å². The lowest BCUT2D eigenvalue weighted by Gasteiger charge is -2.37. The summed E-state index contributed by atoms with van der Waals surface area (Å²) in [6, 6.07) is 5.04. The Morgan fingerprint density at radius 2 is 2.04 bits per heavy atom. The molecule has 1 aromatic carbocycles. The molecule has 1 aromatic rings. The standard InChI is InChI=1S/C18H27N3O4S.ClH/c1-14(22)21-10-5-15-3-4-16(11-17(15)21)26(23,24)20-12-18(13-25-2)6-8-19-9-7-18;/h3-4,11,19-20H,5-10,12-13H2,1-2H3;1H. The van der Waals surface area contributed by atoms with Gasteiger partial charge in [-0.05, 0) is 50.0 Å². The molecule has 3 rings (SSSR count). The van der Waals surface area contributed by atoms with Crippen molar-refractivity contribution in [2.75, 3.05) is 44.8 Å². The number of benzene rings is 1. The zero-order valence-corrected chi connectivity index (χ0v) is 17.4. The molecule has 0 aromatic heterocycles. The first-order chi connectivity index (χ1) is 12.4. The summed E-state index contributed by atoms with van der Waals surface area (Å²) < 4.78 is 33.8. The van der Waals surface area contributed by atoms with Crippen LogP contribution in [-0.2, 0) is 26.0 Å². The molecule has 0 spiro atoms. The number of hydrogen-bond acceptors (Lipinski definition) is 5. The summed E-state index contributed by atoms with van der Waals surface area (Å²) in [4.78, 5) is 13.6. The average molecular weight is 418 g/mol. The van der Waals surface area contributed by atoms with E-state index >= 15 is 0 Å². The summed E-state index contributed by atoms with van der Waals surface area (Å²) in [6.45, 7) is 4.69. The number of ether oxygens (including phenoxy) is 1. The molecule has 0 bridgehead atoms. The topological polar surface area (TPSA) is 87.7 Å². The number of fused-ring (bicyclic) bond motifs is 1. The molecule has 9 heteroatoms. The number of piperidine rings is 1. The fourth-order valence-corrected chi connectivity index (χ4v) is 5.00. The first-order valence-corrected chi connectivity index (χ1v) is 10.5. The maximum atomic E-state index is 12.8. The predicted molar refractivity (Wildman–Crippen MR) is 107 cm³/mol. The minimum absolute atomic E-state index is 0. The monoisotopic (exact) mass is 417 g/mol. The van der Waals surface area contributed by atoms with E-state index < -0.39 is 10.0 Å². The molecule has 0 atom stereocenters. The van der Waals surface area contributed by atoms with E-state index in [1.807, 2.05) is 6.07 Å². The van der Waals surface area contributed by atoms with Crippen LogP contribution in [0, 0.1) is 5.41 Å². The smallest absolute Gasteiger partial charge is 0.240 e. The van der Waals surface area contributed by atoms with E-state index in [1.165, 1.54) is 6.92 Å². The van der Waals surface area contributed by atoms with Crippen molar-refractivity contribution in [1.29, 1.82) is 0 Å². The van der Waals surface area contributed by atoms with Gasteiger partial charge in [0, 0.05) is 38.2 Å². The van der Waals surface area contributed by atoms with Gasteiger partial charge in [-0.25, -0.2) is 13.1 Å². The number of hydrogen-bond donors (Lipinski definition) is 2. The Kier molecular flexibility index (Phi) is 7.27. The SMILES string of the molecule is COCC1(CNS(=O)(=O)c2ccc3c(c2)N(C(C)=O)CC3)CCNCC1.Cl. The van der Waals surface area contributed by atoms with Crippen LogP contribution in [0.2, 0.25) is 0 Å². The largest absolute Gasteiger partial charge is 0.384 e. The van der Waals surface area contributed by atoms with E-state index in [-0.39, 0.29) is 28.6 Å². The number of carbonyl (C=O) groups excluding carboxylic acids is 1. The summed E-state index contributed by atoms with van der Waals surface area (Å²) in [5.41, 5.74) is 1.53. The van der Waals surface area contributed by atoms with Crippen LogP contribution in [0.4, 0.5) is 5.69 Å². The second kappa shape index (κ2) is 8.87. The highest BCUT2D eigenvalue weighted by molar-refractivity contribution is 7.89. The molecular formula is C18H28ClN3O4S. The van der Waals surface area contributed by atoms with Gasteiger partial charge in [0.15, 0.2) is 0 Å². The van der Waals surface area contributed by atoms with Crippen molar-refractivity contribution in [3.63, 3.8) is 0 Å². The molecule has 0 aliphatic carbocycles. The molecule has 2 N–H and O–H groups in total. The minimum Gasteiger partial charge on any atom is -0.384 e. The van der Waals surface area contributed by atoms with Crippen LogP contribution in [0.1, 0.15) is 25.3 Å². The van der Waals surface area contributed by atoms with Crippen molar-refractivity contribution < 1.29 is 17.9 Å². The van der Waals surface area contributed by atoms with Gasteiger partial charge in [0.25, 0.3) is 0 Å². The predicted octanol–water partition coefficient (Wildman–Crippen LogP) is 1.31. The normalized spacial score (nSPS) is 18.7. The first kappa shape index (κ1) is 22.1. The number of sulfonamides is 1. The Morgan fingerprint density at radius 3 is 2.67 bits per heavy atom. The highest BCUT2D eigenvalue weighted by atomic mass is 35.5. The molecule has 2 heterocycles. The van der Waals surface area contributed by atoms with Gasteiger partial charge in [-0.1, -0.05) is 6.07 Å². The number of nitrogens with one attached hydrogen (secondary N) is 2. The van der Waals surface area contributed by atoms with E-state index in [1.54, 1.807) is 24.1 Å². The van der Waals surface area contributed by atoms with Gasteiger partial charge in [-0.3, -0.25) is 4.79 Å². The van der Waals surface area contributed by atoms with Crippen molar-refractivity contribution in [2.24, 2.45) is 5.41 Å². The van der Waals surface area contributed by atoms with Gasteiger partial charge in [-0.2, -0.15) is 0 Å². The van der Waals surface area contributed by atoms with Crippen LogP contribution >= 0.6 is 12.4 Å². The summed E-state index contributed by atoms with van der Waals surface area (Å²) in [6.07, 6.45) is 2.49. The van der Waals surface area contributed by atoms with Crippen molar-refractivity contribution in [3.8, 4) is 0 Å². The fourth-order valence-electron chi connectivity index (χ4n) is 3.82. The van der Waals surface area contributed by atoms with Crippen LogP contribution in [-0.4, -0.2) is 54.2 Å². The third-order valence-electron chi connectivity index (χ3n) is 5.39. The lowest BCUT2D eigenvalue weighted by Crippen LogP contribution is -2.47. The molecule has 7 nitrogen and oxygen atoms in total. The van der Waals surface area contributed by atoms with Crippen LogP contribution in [0.3, 0.4) is 0 Å². The quantitative estimate of drug-likeness (QED) is 0.728. The Hall–Kier alpha value is -1.19. The van der Waals surface area contributed by atoms with E-state index in [4.69, 9.17) is 4.74 Å². The molecule has 27 heavy (non-hydrogen) atoms. The number of amides is 1. The Balaban J connectivity index is 0.00000261. The van der Waals surface area contributed by atoms with Gasteiger partial charge in [0.05, 0.1) is 11.5 Å². The average Bonchev–Trinajstić information content (AvgIpc) is 3.05. The first-order valence-electron chi connectivity index (χ1n) is 8.97. The molecule has 2 aliphatic rings. The summed E-state index contributed by atoms with van der Waals surface area (Å²) in [5.74, 6) is -0.0694. The van der Waals surface area contributed by atoms with Crippen LogP contribution in [0.15, 0.2) is 23.1 Å². The van der Waals surface area contributed by atoms with Gasteiger partial charge < -0.3 is 15.0 Å². The molecule has 1 saturated heterocycles. The fraction of sp³-hybridized carbons (Fsp3) is 0.611. The maximum absolute atomic E-state index is 12.8. The number of anilines is 1. The minimum atomic E-state index is -3.65. The molecule has 1 fully saturated rings. The molecule has 0 unspecified atom stereocenters. The number of halogens is 1. The van der Waals surface area contributed by atoms with Crippen molar-refractivity contribution in [2.45, 2.75) is 31.1 Å². The highest BCUT2D eigenvalue weighted by Gasteiger charge is 2.34. The van der Waals surface area contributed by atoms with Gasteiger partial charge in [-0.15, -0.1) is 12.4 Å².